The summed E-state index contributed by atoms with van der Waals surface area (Å²) in [6, 6.07) is 13.4. The van der Waals surface area contributed by atoms with Gasteiger partial charge in [0.1, 0.15) is 17.5 Å². The van der Waals surface area contributed by atoms with Gasteiger partial charge in [-0.3, -0.25) is 4.98 Å². The molecule has 0 unspecified atom stereocenters. The van der Waals surface area contributed by atoms with Crippen LogP contribution in [-0.2, 0) is 11.3 Å². The van der Waals surface area contributed by atoms with Crippen LogP contribution in [-0.4, -0.2) is 20.6 Å². The highest BCUT2D eigenvalue weighted by Crippen LogP contribution is 2.27. The quantitative estimate of drug-likeness (QED) is 0.563. The number of benzene rings is 1. The summed E-state index contributed by atoms with van der Waals surface area (Å²) >= 11 is 0. The Bertz CT molecular complexity index is 1020. The lowest BCUT2D eigenvalue weighted by Crippen LogP contribution is -2.01. The Balaban J connectivity index is 2.10. The number of hydrogen-bond donors (Lipinski definition) is 1. The van der Waals surface area contributed by atoms with Gasteiger partial charge in [0, 0.05) is 30.7 Å². The predicted octanol–water partition coefficient (Wildman–Crippen LogP) is 3.73. The number of carbonyl (C=O) groups is 1. The molecule has 26 heavy (non-hydrogen) atoms. The van der Waals surface area contributed by atoms with Crippen molar-refractivity contribution in [3.05, 3.63) is 83.6 Å². The van der Waals surface area contributed by atoms with Crippen LogP contribution in [0.5, 0.6) is 0 Å². The summed E-state index contributed by atoms with van der Waals surface area (Å²) in [4.78, 5) is 15.1. The standard InChI is InChI=1S/C20H14FN3O2/c21-18-6-2-1-5-17(18)19-9-15(8-16(10-22)20(25)26)13-24(19)12-14-4-3-7-23-11-14/h1-9,11,13H,12H2,(H,25,26)/b16-8+. The van der Waals surface area contributed by atoms with E-state index in [0.717, 1.165) is 5.56 Å². The first kappa shape index (κ1) is 17.1. The number of carboxylic acid groups (broad SMARTS) is 1. The summed E-state index contributed by atoms with van der Waals surface area (Å²) in [5, 5.41) is 18.0. The number of pyridine rings is 1. The number of nitrogens with zero attached hydrogens (tertiary/aromatic N) is 3. The van der Waals surface area contributed by atoms with Gasteiger partial charge in [0.15, 0.2) is 0 Å². The van der Waals surface area contributed by atoms with Crippen molar-refractivity contribution in [2.75, 3.05) is 0 Å². The third kappa shape index (κ3) is 3.68. The van der Waals surface area contributed by atoms with Crippen LogP contribution in [0, 0.1) is 17.1 Å². The second kappa shape index (κ2) is 7.45. The molecule has 2 aromatic heterocycles. The lowest BCUT2D eigenvalue weighted by Gasteiger charge is -2.10. The van der Waals surface area contributed by atoms with Gasteiger partial charge in [0.25, 0.3) is 0 Å². The molecule has 6 heteroatoms. The Morgan fingerprint density at radius 3 is 2.77 bits per heavy atom. The summed E-state index contributed by atoms with van der Waals surface area (Å²) < 4.78 is 16.1. The number of nitriles is 1. The maximum Gasteiger partial charge on any atom is 0.346 e. The molecule has 0 fully saturated rings. The Morgan fingerprint density at radius 1 is 1.31 bits per heavy atom. The van der Waals surface area contributed by atoms with Gasteiger partial charge in [0.2, 0.25) is 0 Å². The van der Waals surface area contributed by atoms with Gasteiger partial charge in [-0.1, -0.05) is 18.2 Å². The lowest BCUT2D eigenvalue weighted by molar-refractivity contribution is -0.132. The van der Waals surface area contributed by atoms with E-state index in [9.17, 15) is 9.18 Å². The maximum atomic E-state index is 14.3. The fourth-order valence-electron chi connectivity index (χ4n) is 2.64. The van der Waals surface area contributed by atoms with Crippen LogP contribution in [0.4, 0.5) is 4.39 Å². The van der Waals surface area contributed by atoms with Crippen LogP contribution < -0.4 is 0 Å². The lowest BCUT2D eigenvalue weighted by atomic mass is 10.1. The molecule has 1 N–H and O–H groups in total. The van der Waals surface area contributed by atoms with Crippen molar-refractivity contribution < 1.29 is 14.3 Å². The highest BCUT2D eigenvalue weighted by Gasteiger charge is 2.13. The molecule has 0 spiro atoms. The fourth-order valence-corrected chi connectivity index (χ4v) is 2.64. The average Bonchev–Trinajstić information content (AvgIpc) is 3.03. The molecule has 0 bridgehead atoms. The van der Waals surface area contributed by atoms with Crippen molar-refractivity contribution in [1.29, 1.82) is 5.26 Å². The first-order valence-electron chi connectivity index (χ1n) is 7.77. The molecule has 0 saturated carbocycles. The van der Waals surface area contributed by atoms with Gasteiger partial charge in [-0.25, -0.2) is 9.18 Å². The molecule has 5 nitrogen and oxygen atoms in total. The Labute approximate surface area is 149 Å². The van der Waals surface area contributed by atoms with Gasteiger partial charge in [-0.05, 0) is 41.5 Å². The second-order valence-corrected chi connectivity index (χ2v) is 5.60. The van der Waals surface area contributed by atoms with Crippen molar-refractivity contribution in [1.82, 2.24) is 9.55 Å². The van der Waals surface area contributed by atoms with E-state index in [1.807, 2.05) is 6.07 Å². The molecule has 1 aromatic carbocycles. The van der Waals surface area contributed by atoms with Crippen molar-refractivity contribution in [2.24, 2.45) is 0 Å². The minimum atomic E-state index is -1.31. The molecule has 0 saturated heterocycles. The van der Waals surface area contributed by atoms with E-state index in [1.165, 1.54) is 12.1 Å². The van der Waals surface area contributed by atoms with E-state index in [2.05, 4.69) is 4.98 Å². The average molecular weight is 347 g/mol. The highest BCUT2D eigenvalue weighted by molar-refractivity contribution is 5.96. The Hall–Kier alpha value is -3.72. The Morgan fingerprint density at radius 2 is 2.12 bits per heavy atom. The number of halogens is 1. The summed E-state index contributed by atoms with van der Waals surface area (Å²) in [5.74, 6) is -1.69. The molecule has 0 aliphatic carbocycles. The molecule has 0 aliphatic rings. The van der Waals surface area contributed by atoms with E-state index in [0.29, 0.717) is 23.4 Å². The van der Waals surface area contributed by atoms with Crippen LogP contribution in [0.2, 0.25) is 0 Å². The van der Waals surface area contributed by atoms with E-state index < -0.39 is 5.97 Å². The molecule has 3 aromatic rings. The summed E-state index contributed by atoms with van der Waals surface area (Å²) in [7, 11) is 0. The molecule has 3 rings (SSSR count). The molecule has 0 amide bonds. The number of carboxylic acids is 1. The summed E-state index contributed by atoms with van der Waals surface area (Å²) in [6.45, 7) is 0.431. The molecule has 0 atom stereocenters. The Kier molecular flexibility index (Phi) is 4.90. The smallest absolute Gasteiger partial charge is 0.346 e. The van der Waals surface area contributed by atoms with E-state index in [4.69, 9.17) is 10.4 Å². The van der Waals surface area contributed by atoms with Gasteiger partial charge in [-0.2, -0.15) is 5.26 Å². The molecule has 128 valence electrons. The van der Waals surface area contributed by atoms with Crippen LogP contribution >= 0.6 is 0 Å². The van der Waals surface area contributed by atoms with Gasteiger partial charge >= 0.3 is 5.97 Å². The van der Waals surface area contributed by atoms with Crippen LogP contribution in [0.1, 0.15) is 11.1 Å². The molecule has 0 aliphatic heterocycles. The van der Waals surface area contributed by atoms with E-state index in [-0.39, 0.29) is 11.4 Å². The topological polar surface area (TPSA) is 78.9 Å². The summed E-state index contributed by atoms with van der Waals surface area (Å²) in [6.07, 6.45) is 6.33. The maximum absolute atomic E-state index is 14.3. The van der Waals surface area contributed by atoms with Gasteiger partial charge in [0.05, 0.1) is 5.69 Å². The highest BCUT2D eigenvalue weighted by atomic mass is 19.1. The molecular weight excluding hydrogens is 333 g/mol. The molecule has 2 heterocycles. The van der Waals surface area contributed by atoms with Gasteiger partial charge in [-0.15, -0.1) is 0 Å². The first-order chi connectivity index (χ1) is 12.6. The zero-order chi connectivity index (χ0) is 18.5. The van der Waals surface area contributed by atoms with Crippen LogP contribution in [0.25, 0.3) is 17.3 Å². The van der Waals surface area contributed by atoms with Crippen molar-refractivity contribution in [3.63, 3.8) is 0 Å². The molecular formula is C20H14FN3O2. The minimum absolute atomic E-state index is 0.382. The second-order valence-electron chi connectivity index (χ2n) is 5.60. The largest absolute Gasteiger partial charge is 0.477 e. The number of rotatable bonds is 5. The number of aromatic nitrogens is 2. The zero-order valence-electron chi connectivity index (χ0n) is 13.6. The predicted molar refractivity (Wildman–Crippen MR) is 94.4 cm³/mol. The third-order valence-electron chi connectivity index (χ3n) is 3.81. The minimum Gasteiger partial charge on any atom is -0.477 e. The zero-order valence-corrected chi connectivity index (χ0v) is 13.6. The third-order valence-corrected chi connectivity index (χ3v) is 3.81. The van der Waals surface area contributed by atoms with E-state index in [1.54, 1.807) is 59.6 Å². The fraction of sp³-hybridized carbons (Fsp3) is 0.0500. The van der Waals surface area contributed by atoms with Crippen LogP contribution in [0.3, 0.4) is 0 Å². The normalized spacial score (nSPS) is 11.2. The van der Waals surface area contributed by atoms with Crippen molar-refractivity contribution >= 4 is 12.0 Å². The van der Waals surface area contributed by atoms with Crippen LogP contribution in [0.15, 0.2) is 66.6 Å². The number of hydrogen-bond acceptors (Lipinski definition) is 3. The SMILES string of the molecule is N#C/C(=C\c1cc(-c2ccccc2F)n(Cc2cccnc2)c1)C(=O)O. The monoisotopic (exact) mass is 347 g/mol. The number of aliphatic carboxylic acids is 1. The van der Waals surface area contributed by atoms with E-state index >= 15 is 0 Å². The van der Waals surface area contributed by atoms with Crippen molar-refractivity contribution in [3.8, 4) is 17.3 Å². The molecule has 0 radical (unpaired) electrons. The van der Waals surface area contributed by atoms with Crippen molar-refractivity contribution in [2.45, 2.75) is 6.54 Å². The summed E-state index contributed by atoms with van der Waals surface area (Å²) in [5.41, 5.74) is 2.01. The van der Waals surface area contributed by atoms with Gasteiger partial charge < -0.3 is 9.67 Å². The first-order valence-corrected chi connectivity index (χ1v) is 7.77.